The lowest BCUT2D eigenvalue weighted by atomic mass is 10.1. The third kappa shape index (κ3) is 3.16. The van der Waals surface area contributed by atoms with E-state index in [2.05, 4.69) is 4.98 Å². The highest BCUT2D eigenvalue weighted by molar-refractivity contribution is 6.34. The first kappa shape index (κ1) is 15.3. The zero-order chi connectivity index (χ0) is 15.6. The topological polar surface area (TPSA) is 53.4 Å². The Bertz CT molecular complexity index is 686. The monoisotopic (exact) mass is 304 g/mol. The molecule has 21 heavy (non-hydrogen) atoms. The number of amides is 1. The molecule has 110 valence electrons. The summed E-state index contributed by atoms with van der Waals surface area (Å²) in [5.74, 6) is -0.112. The number of aryl methyl sites for hydroxylation is 2. The number of hydrogen-bond donors (Lipinski definition) is 1. The number of pyridine rings is 1. The van der Waals surface area contributed by atoms with E-state index in [1.807, 2.05) is 20.8 Å². The molecule has 0 atom stereocenters. The molecular weight excluding hydrogens is 288 g/mol. The summed E-state index contributed by atoms with van der Waals surface area (Å²) in [6.07, 6.45) is 1.49. The van der Waals surface area contributed by atoms with E-state index < -0.39 is 0 Å². The first-order valence-electron chi connectivity index (χ1n) is 6.67. The van der Waals surface area contributed by atoms with Crippen LogP contribution in [0.15, 0.2) is 30.5 Å². The van der Waals surface area contributed by atoms with Crippen LogP contribution in [0.5, 0.6) is 5.75 Å². The van der Waals surface area contributed by atoms with Crippen LogP contribution >= 0.6 is 11.6 Å². The van der Waals surface area contributed by atoms with Crippen molar-refractivity contribution < 1.29 is 9.90 Å². The van der Waals surface area contributed by atoms with Crippen molar-refractivity contribution >= 4 is 23.2 Å². The lowest BCUT2D eigenvalue weighted by Gasteiger charge is -2.23. The van der Waals surface area contributed by atoms with Crippen molar-refractivity contribution in [1.82, 2.24) is 4.98 Å². The average molecular weight is 305 g/mol. The van der Waals surface area contributed by atoms with Crippen molar-refractivity contribution in [2.24, 2.45) is 0 Å². The highest BCUT2D eigenvalue weighted by atomic mass is 35.5. The number of anilines is 1. The Labute approximate surface area is 129 Å². The van der Waals surface area contributed by atoms with Gasteiger partial charge in [0.05, 0.1) is 16.3 Å². The van der Waals surface area contributed by atoms with Crippen LogP contribution in [0, 0.1) is 13.8 Å². The molecule has 1 amide bonds. The first-order valence-corrected chi connectivity index (χ1v) is 7.05. The third-order valence-corrected chi connectivity index (χ3v) is 3.58. The maximum atomic E-state index is 12.7. The van der Waals surface area contributed by atoms with Gasteiger partial charge in [-0.15, -0.1) is 0 Å². The van der Waals surface area contributed by atoms with Crippen molar-refractivity contribution in [3.63, 3.8) is 0 Å². The molecule has 1 N–H and O–H groups in total. The molecule has 4 nitrogen and oxygen atoms in total. The van der Waals surface area contributed by atoms with E-state index in [1.54, 1.807) is 29.2 Å². The van der Waals surface area contributed by atoms with Crippen LogP contribution in [0.3, 0.4) is 0 Å². The number of carbonyl (C=O) groups is 1. The largest absolute Gasteiger partial charge is 0.508 e. The van der Waals surface area contributed by atoms with Gasteiger partial charge in [-0.25, -0.2) is 0 Å². The van der Waals surface area contributed by atoms with E-state index in [-0.39, 0.29) is 11.7 Å². The average Bonchev–Trinajstić information content (AvgIpc) is 2.43. The number of halogens is 1. The number of benzene rings is 1. The van der Waals surface area contributed by atoms with Crippen molar-refractivity contribution in [3.05, 3.63) is 52.3 Å². The summed E-state index contributed by atoms with van der Waals surface area (Å²) in [6, 6.07) is 6.61. The van der Waals surface area contributed by atoms with Crippen molar-refractivity contribution in [3.8, 4) is 5.75 Å². The molecule has 0 bridgehead atoms. The molecule has 0 aliphatic carbocycles. The zero-order valence-corrected chi connectivity index (χ0v) is 13.0. The predicted molar refractivity (Wildman–Crippen MR) is 84.2 cm³/mol. The van der Waals surface area contributed by atoms with Crippen molar-refractivity contribution in [1.29, 1.82) is 0 Å². The predicted octanol–water partition coefficient (Wildman–Crippen LogP) is 3.72. The Morgan fingerprint density at radius 2 is 2.05 bits per heavy atom. The van der Waals surface area contributed by atoms with Gasteiger partial charge in [-0.2, -0.15) is 0 Å². The van der Waals surface area contributed by atoms with Crippen LogP contribution in [0.4, 0.5) is 5.69 Å². The lowest BCUT2D eigenvalue weighted by Crippen LogP contribution is -2.31. The van der Waals surface area contributed by atoms with Gasteiger partial charge in [0.25, 0.3) is 5.91 Å². The molecule has 0 saturated heterocycles. The molecule has 1 heterocycles. The quantitative estimate of drug-likeness (QED) is 0.940. The van der Waals surface area contributed by atoms with Gasteiger partial charge in [0.2, 0.25) is 0 Å². The van der Waals surface area contributed by atoms with Crippen LogP contribution in [0.2, 0.25) is 5.02 Å². The van der Waals surface area contributed by atoms with Crippen LogP contribution in [-0.2, 0) is 0 Å². The minimum absolute atomic E-state index is 0.120. The van der Waals surface area contributed by atoms with Gasteiger partial charge in [0, 0.05) is 24.5 Å². The first-order chi connectivity index (χ1) is 9.93. The van der Waals surface area contributed by atoms with E-state index in [1.165, 1.54) is 6.20 Å². The summed E-state index contributed by atoms with van der Waals surface area (Å²) in [6.45, 7) is 6.04. The van der Waals surface area contributed by atoms with E-state index in [9.17, 15) is 9.90 Å². The molecule has 0 unspecified atom stereocenters. The van der Waals surface area contributed by atoms with Crippen LogP contribution < -0.4 is 4.90 Å². The number of phenols is 1. The van der Waals surface area contributed by atoms with Gasteiger partial charge in [0.1, 0.15) is 5.75 Å². The zero-order valence-electron chi connectivity index (χ0n) is 12.2. The van der Waals surface area contributed by atoms with E-state index in [4.69, 9.17) is 11.6 Å². The highest BCUT2D eigenvalue weighted by Crippen LogP contribution is 2.27. The smallest absolute Gasteiger partial charge is 0.261 e. The number of phenolic OH excluding ortho intramolecular Hbond substituents is 1. The number of aromatic hydroxyl groups is 1. The Morgan fingerprint density at radius 3 is 2.67 bits per heavy atom. The van der Waals surface area contributed by atoms with Crippen LogP contribution in [0.1, 0.15) is 28.5 Å². The number of aromatic nitrogens is 1. The van der Waals surface area contributed by atoms with Crippen LogP contribution in [0.25, 0.3) is 0 Å². The Balaban J connectivity index is 2.45. The second kappa shape index (κ2) is 6.14. The van der Waals surface area contributed by atoms with Crippen molar-refractivity contribution in [2.75, 3.05) is 11.4 Å². The van der Waals surface area contributed by atoms with Gasteiger partial charge in [-0.05, 0) is 38.5 Å². The summed E-state index contributed by atoms with van der Waals surface area (Å²) in [5.41, 5.74) is 2.68. The van der Waals surface area contributed by atoms with E-state index >= 15 is 0 Å². The standard InChI is InChI=1S/C16H17ClN2O2/c1-4-19(15-8-12(20)6-5-10(15)2)16(21)13-9-18-11(3)7-14(13)17/h5-9,20H,4H2,1-3H3. The minimum atomic E-state index is -0.233. The summed E-state index contributed by atoms with van der Waals surface area (Å²) >= 11 is 6.15. The second-order valence-electron chi connectivity index (χ2n) is 4.83. The van der Waals surface area contributed by atoms with Gasteiger partial charge >= 0.3 is 0 Å². The SMILES string of the molecule is CCN(C(=O)c1cnc(C)cc1Cl)c1cc(O)ccc1C. The van der Waals surface area contributed by atoms with Gasteiger partial charge in [0.15, 0.2) is 0 Å². The lowest BCUT2D eigenvalue weighted by molar-refractivity contribution is 0.0988. The molecule has 1 aromatic carbocycles. The molecule has 0 aliphatic rings. The molecule has 2 aromatic rings. The van der Waals surface area contributed by atoms with E-state index in [0.717, 1.165) is 11.3 Å². The van der Waals surface area contributed by atoms with Crippen molar-refractivity contribution in [2.45, 2.75) is 20.8 Å². The maximum absolute atomic E-state index is 12.7. The Hall–Kier alpha value is -2.07. The molecule has 0 fully saturated rings. The Kier molecular flexibility index (Phi) is 4.48. The minimum Gasteiger partial charge on any atom is -0.508 e. The molecule has 5 heteroatoms. The number of hydrogen-bond acceptors (Lipinski definition) is 3. The number of rotatable bonds is 3. The molecule has 0 aliphatic heterocycles. The van der Waals surface area contributed by atoms with Crippen LogP contribution in [-0.4, -0.2) is 22.5 Å². The summed E-state index contributed by atoms with van der Waals surface area (Å²) in [4.78, 5) is 18.4. The van der Waals surface area contributed by atoms with Gasteiger partial charge < -0.3 is 10.0 Å². The second-order valence-corrected chi connectivity index (χ2v) is 5.23. The summed E-state index contributed by atoms with van der Waals surface area (Å²) in [7, 11) is 0. The number of carbonyl (C=O) groups excluding carboxylic acids is 1. The molecule has 0 radical (unpaired) electrons. The van der Waals surface area contributed by atoms with E-state index in [0.29, 0.717) is 22.8 Å². The molecule has 0 saturated carbocycles. The molecular formula is C16H17ClN2O2. The summed E-state index contributed by atoms with van der Waals surface area (Å²) < 4.78 is 0. The highest BCUT2D eigenvalue weighted by Gasteiger charge is 2.21. The fourth-order valence-corrected chi connectivity index (χ4v) is 2.43. The molecule has 1 aromatic heterocycles. The molecule has 2 rings (SSSR count). The van der Waals surface area contributed by atoms with Gasteiger partial charge in [-0.3, -0.25) is 9.78 Å². The number of nitrogens with zero attached hydrogens (tertiary/aromatic N) is 2. The third-order valence-electron chi connectivity index (χ3n) is 3.27. The van der Waals surface area contributed by atoms with Gasteiger partial charge in [-0.1, -0.05) is 17.7 Å². The maximum Gasteiger partial charge on any atom is 0.261 e. The Morgan fingerprint density at radius 1 is 1.33 bits per heavy atom. The fourth-order valence-electron chi connectivity index (χ4n) is 2.14. The summed E-state index contributed by atoms with van der Waals surface area (Å²) in [5, 5.41) is 10.0. The fraction of sp³-hybridized carbons (Fsp3) is 0.250. The normalized spacial score (nSPS) is 10.5. The molecule has 0 spiro atoms.